The largest absolute Gasteiger partial charge is 0.309 e. The molecule has 4 heteroatoms. The second-order valence-electron chi connectivity index (χ2n) is 13.2. The highest BCUT2D eigenvalue weighted by Gasteiger charge is 2.18. The van der Waals surface area contributed by atoms with Crippen molar-refractivity contribution >= 4 is 32.6 Å². The summed E-state index contributed by atoms with van der Waals surface area (Å²) in [4.78, 5) is 15.2. The van der Waals surface area contributed by atoms with Gasteiger partial charge in [-0.1, -0.05) is 164 Å². The Morgan fingerprint density at radius 1 is 0.321 bits per heavy atom. The molecule has 10 rings (SSSR count). The van der Waals surface area contributed by atoms with Crippen LogP contribution in [-0.4, -0.2) is 19.5 Å². The Morgan fingerprint density at radius 2 is 0.868 bits per heavy atom. The number of hydrogen-bond acceptors (Lipinski definition) is 3. The minimum Gasteiger partial charge on any atom is -0.309 e. The van der Waals surface area contributed by atoms with Crippen molar-refractivity contribution < 1.29 is 0 Å². The van der Waals surface area contributed by atoms with E-state index in [2.05, 4.69) is 168 Å². The van der Waals surface area contributed by atoms with Crippen LogP contribution in [0.15, 0.2) is 194 Å². The molecule has 0 amide bonds. The van der Waals surface area contributed by atoms with Crippen LogP contribution in [0.3, 0.4) is 0 Å². The highest BCUT2D eigenvalue weighted by molar-refractivity contribution is 6.15. The molecule has 0 radical (unpaired) electrons. The van der Waals surface area contributed by atoms with E-state index in [-0.39, 0.29) is 0 Å². The van der Waals surface area contributed by atoms with Gasteiger partial charge < -0.3 is 4.57 Å². The SMILES string of the molecule is c1ccc(-c2nc(-c3ccc4ccccc4c3)nc(-c3ccccc3-c3ccc(-n4c5ccccc5c5c(-c6ccccc6)cccc54)cc3)n2)cc1. The maximum atomic E-state index is 5.13. The number of rotatable bonds is 6. The predicted octanol–water partition coefficient (Wildman–Crippen LogP) is 12.5. The van der Waals surface area contributed by atoms with E-state index in [9.17, 15) is 0 Å². The summed E-state index contributed by atoms with van der Waals surface area (Å²) in [7, 11) is 0. The first-order valence-corrected chi connectivity index (χ1v) is 17.9. The molecule has 0 saturated heterocycles. The van der Waals surface area contributed by atoms with E-state index < -0.39 is 0 Å². The summed E-state index contributed by atoms with van der Waals surface area (Å²) in [6.07, 6.45) is 0. The van der Waals surface area contributed by atoms with Gasteiger partial charge >= 0.3 is 0 Å². The molecule has 8 aromatic carbocycles. The molecule has 0 N–H and O–H groups in total. The summed E-state index contributed by atoms with van der Waals surface area (Å²) in [6, 6.07) is 68.1. The Hall–Kier alpha value is -7.17. The molecule has 0 spiro atoms. The molecule has 0 bridgehead atoms. The van der Waals surface area contributed by atoms with Crippen LogP contribution >= 0.6 is 0 Å². The molecule has 2 aromatic heterocycles. The van der Waals surface area contributed by atoms with E-state index in [1.807, 2.05) is 30.3 Å². The van der Waals surface area contributed by atoms with Crippen molar-refractivity contribution in [3.8, 4) is 62.1 Å². The smallest absolute Gasteiger partial charge is 0.164 e. The van der Waals surface area contributed by atoms with Gasteiger partial charge in [-0.2, -0.15) is 0 Å². The van der Waals surface area contributed by atoms with E-state index in [0.29, 0.717) is 17.5 Å². The van der Waals surface area contributed by atoms with Gasteiger partial charge in [0.1, 0.15) is 0 Å². The summed E-state index contributed by atoms with van der Waals surface area (Å²) in [5.41, 5.74) is 10.9. The van der Waals surface area contributed by atoms with Gasteiger partial charge in [-0.25, -0.2) is 15.0 Å². The van der Waals surface area contributed by atoms with Crippen LogP contribution in [0.1, 0.15) is 0 Å². The number of benzene rings is 8. The van der Waals surface area contributed by atoms with Gasteiger partial charge in [0.05, 0.1) is 11.0 Å². The molecule has 53 heavy (non-hydrogen) atoms. The number of aromatic nitrogens is 4. The molecular formula is C49H32N4. The first kappa shape index (κ1) is 30.6. The fraction of sp³-hybridized carbons (Fsp3) is 0. The predicted molar refractivity (Wildman–Crippen MR) is 219 cm³/mol. The highest BCUT2D eigenvalue weighted by Crippen LogP contribution is 2.39. The van der Waals surface area contributed by atoms with Gasteiger partial charge in [-0.3, -0.25) is 0 Å². The van der Waals surface area contributed by atoms with Crippen molar-refractivity contribution in [3.05, 3.63) is 194 Å². The zero-order valence-corrected chi connectivity index (χ0v) is 28.8. The van der Waals surface area contributed by atoms with E-state index >= 15 is 0 Å². The number of nitrogens with zero attached hydrogens (tertiary/aromatic N) is 4. The lowest BCUT2D eigenvalue weighted by atomic mass is 9.98. The fourth-order valence-electron chi connectivity index (χ4n) is 7.55. The third-order valence-electron chi connectivity index (χ3n) is 10.1. The lowest BCUT2D eigenvalue weighted by Crippen LogP contribution is -2.01. The van der Waals surface area contributed by atoms with Crippen LogP contribution in [0.5, 0.6) is 0 Å². The van der Waals surface area contributed by atoms with E-state index in [1.54, 1.807) is 0 Å². The van der Waals surface area contributed by atoms with Crippen LogP contribution in [0.25, 0.3) is 94.7 Å². The normalized spacial score (nSPS) is 11.4. The first-order valence-electron chi connectivity index (χ1n) is 17.9. The number of hydrogen-bond donors (Lipinski definition) is 0. The summed E-state index contributed by atoms with van der Waals surface area (Å²) in [5.74, 6) is 1.92. The Labute approximate surface area is 307 Å². The summed E-state index contributed by atoms with van der Waals surface area (Å²) >= 11 is 0. The van der Waals surface area contributed by atoms with Crippen molar-refractivity contribution in [2.24, 2.45) is 0 Å². The van der Waals surface area contributed by atoms with Gasteiger partial charge in [-0.15, -0.1) is 0 Å². The molecule has 10 aromatic rings. The summed E-state index contributed by atoms with van der Waals surface area (Å²) < 4.78 is 2.38. The molecule has 0 aliphatic heterocycles. The van der Waals surface area contributed by atoms with Gasteiger partial charge in [-0.05, 0) is 63.4 Å². The van der Waals surface area contributed by atoms with Gasteiger partial charge in [0.2, 0.25) is 0 Å². The van der Waals surface area contributed by atoms with Crippen LogP contribution in [0.2, 0.25) is 0 Å². The molecule has 2 heterocycles. The van der Waals surface area contributed by atoms with E-state index in [0.717, 1.165) is 38.9 Å². The Kier molecular flexibility index (Phi) is 7.43. The Balaban J connectivity index is 1.10. The molecule has 0 fully saturated rings. The lowest BCUT2D eigenvalue weighted by Gasteiger charge is -2.13. The molecular weight excluding hydrogens is 645 g/mol. The van der Waals surface area contributed by atoms with E-state index in [4.69, 9.17) is 15.0 Å². The van der Waals surface area contributed by atoms with Crippen molar-refractivity contribution in [1.29, 1.82) is 0 Å². The monoisotopic (exact) mass is 676 g/mol. The Bertz CT molecular complexity index is 2930. The quantitative estimate of drug-likeness (QED) is 0.176. The topological polar surface area (TPSA) is 43.6 Å². The van der Waals surface area contributed by atoms with E-state index in [1.165, 1.54) is 38.3 Å². The van der Waals surface area contributed by atoms with Crippen LogP contribution in [0, 0.1) is 0 Å². The molecule has 0 aliphatic carbocycles. The molecule has 0 unspecified atom stereocenters. The minimum absolute atomic E-state index is 0.637. The van der Waals surface area contributed by atoms with Crippen molar-refractivity contribution in [2.45, 2.75) is 0 Å². The zero-order chi connectivity index (χ0) is 35.1. The molecule has 0 aliphatic rings. The minimum atomic E-state index is 0.637. The molecule has 4 nitrogen and oxygen atoms in total. The average molecular weight is 677 g/mol. The van der Waals surface area contributed by atoms with Crippen molar-refractivity contribution in [1.82, 2.24) is 19.5 Å². The van der Waals surface area contributed by atoms with Crippen LogP contribution in [0.4, 0.5) is 0 Å². The van der Waals surface area contributed by atoms with Gasteiger partial charge in [0.25, 0.3) is 0 Å². The second-order valence-corrected chi connectivity index (χ2v) is 13.2. The van der Waals surface area contributed by atoms with Crippen LogP contribution < -0.4 is 0 Å². The van der Waals surface area contributed by atoms with Crippen LogP contribution in [-0.2, 0) is 0 Å². The molecule has 0 saturated carbocycles. The number of para-hydroxylation sites is 1. The zero-order valence-electron chi connectivity index (χ0n) is 28.8. The lowest BCUT2D eigenvalue weighted by molar-refractivity contribution is 1.07. The average Bonchev–Trinajstić information content (AvgIpc) is 3.59. The Morgan fingerprint density at radius 3 is 1.66 bits per heavy atom. The van der Waals surface area contributed by atoms with Gasteiger partial charge in [0, 0.05) is 33.2 Å². The summed E-state index contributed by atoms with van der Waals surface area (Å²) in [6.45, 7) is 0. The second kappa shape index (κ2) is 12.9. The standard InChI is InChI=1S/C49H32N4/c1-3-15-34(16-4-1)41-23-13-25-45-46(41)43-22-11-12-24-44(43)53(45)39-30-28-35(29-31-39)40-20-9-10-21-42(40)49-51-47(36-17-5-2-6-18-36)50-48(52-49)38-27-26-33-14-7-8-19-37(33)32-38/h1-32H. The first-order chi connectivity index (χ1) is 26.3. The third-order valence-corrected chi connectivity index (χ3v) is 10.1. The summed E-state index contributed by atoms with van der Waals surface area (Å²) in [5, 5.41) is 4.83. The van der Waals surface area contributed by atoms with Crippen molar-refractivity contribution in [3.63, 3.8) is 0 Å². The van der Waals surface area contributed by atoms with Gasteiger partial charge in [0.15, 0.2) is 17.5 Å². The maximum Gasteiger partial charge on any atom is 0.164 e. The third kappa shape index (κ3) is 5.45. The maximum absolute atomic E-state index is 5.13. The molecule has 0 atom stereocenters. The molecule has 248 valence electrons. The van der Waals surface area contributed by atoms with Crippen molar-refractivity contribution in [2.75, 3.05) is 0 Å². The number of fused-ring (bicyclic) bond motifs is 4. The highest BCUT2D eigenvalue weighted by atomic mass is 15.0. The fourth-order valence-corrected chi connectivity index (χ4v) is 7.55.